The van der Waals surface area contributed by atoms with Crippen molar-refractivity contribution in [2.24, 2.45) is 11.5 Å². The molecule has 0 aliphatic heterocycles. The van der Waals surface area contributed by atoms with Crippen LogP contribution in [0.1, 0.15) is 24.2 Å². The maximum absolute atomic E-state index is 12.1. The first-order chi connectivity index (χ1) is 12.0. The minimum Gasteiger partial charge on any atom is -0.489 e. The van der Waals surface area contributed by atoms with Gasteiger partial charge in [-0.05, 0) is 18.2 Å². The Hall–Kier alpha value is -1.71. The summed E-state index contributed by atoms with van der Waals surface area (Å²) in [6.07, 6.45) is -0.582. The second-order valence-corrected chi connectivity index (χ2v) is 5.69. The topological polar surface area (TPSA) is 121 Å². The van der Waals surface area contributed by atoms with Crippen LogP contribution in [0.3, 0.4) is 0 Å². The highest BCUT2D eigenvalue weighted by molar-refractivity contribution is 5.94. The standard InChI is InChI=1S/C17H30N4O4/c1-13(2)20-6-7-21-17(22)14-4-3-5-15(10-14)25-11-16(19)24-9-8-23-12-18/h3-5,10,13,16,20H,6-9,11-12,18-19H2,1-2H3,(H,21,22). The predicted molar refractivity (Wildman–Crippen MR) is 96.3 cm³/mol. The molecule has 1 atom stereocenters. The van der Waals surface area contributed by atoms with E-state index in [0.717, 1.165) is 6.54 Å². The van der Waals surface area contributed by atoms with Crippen LogP contribution < -0.4 is 26.8 Å². The third-order valence-electron chi connectivity index (χ3n) is 3.15. The molecule has 6 N–H and O–H groups in total. The van der Waals surface area contributed by atoms with Gasteiger partial charge in [-0.15, -0.1) is 0 Å². The number of amides is 1. The van der Waals surface area contributed by atoms with E-state index < -0.39 is 6.23 Å². The normalized spacial score (nSPS) is 12.2. The Morgan fingerprint density at radius 2 is 2.04 bits per heavy atom. The Labute approximate surface area is 149 Å². The molecule has 0 aliphatic rings. The minimum atomic E-state index is -0.582. The third-order valence-corrected chi connectivity index (χ3v) is 3.15. The summed E-state index contributed by atoms with van der Waals surface area (Å²) in [6.45, 7) is 6.44. The molecule has 0 spiro atoms. The molecule has 0 radical (unpaired) electrons. The fourth-order valence-corrected chi connectivity index (χ4v) is 1.93. The van der Waals surface area contributed by atoms with Crippen LogP contribution in [0, 0.1) is 0 Å². The van der Waals surface area contributed by atoms with Crippen LogP contribution in [0.15, 0.2) is 24.3 Å². The highest BCUT2D eigenvalue weighted by atomic mass is 16.6. The van der Waals surface area contributed by atoms with E-state index in [9.17, 15) is 4.79 Å². The van der Waals surface area contributed by atoms with Crippen molar-refractivity contribution in [2.75, 3.05) is 39.6 Å². The van der Waals surface area contributed by atoms with Crippen LogP contribution in [0.2, 0.25) is 0 Å². The summed E-state index contributed by atoms with van der Waals surface area (Å²) >= 11 is 0. The first-order valence-corrected chi connectivity index (χ1v) is 8.42. The van der Waals surface area contributed by atoms with Crippen molar-refractivity contribution in [3.8, 4) is 5.75 Å². The number of nitrogens with one attached hydrogen (secondary N) is 2. The molecule has 1 unspecified atom stereocenters. The van der Waals surface area contributed by atoms with E-state index in [1.807, 2.05) is 0 Å². The summed E-state index contributed by atoms with van der Waals surface area (Å²) in [5.74, 6) is 0.417. The largest absolute Gasteiger partial charge is 0.489 e. The first-order valence-electron chi connectivity index (χ1n) is 8.42. The second kappa shape index (κ2) is 12.6. The Morgan fingerprint density at radius 1 is 1.24 bits per heavy atom. The monoisotopic (exact) mass is 354 g/mol. The number of ether oxygens (including phenoxy) is 3. The van der Waals surface area contributed by atoms with Crippen LogP contribution in [0.4, 0.5) is 0 Å². The van der Waals surface area contributed by atoms with Gasteiger partial charge in [0.15, 0.2) is 0 Å². The summed E-state index contributed by atoms with van der Waals surface area (Å²) in [5.41, 5.74) is 11.5. The van der Waals surface area contributed by atoms with Gasteiger partial charge in [0.05, 0.1) is 19.9 Å². The van der Waals surface area contributed by atoms with E-state index >= 15 is 0 Å². The maximum atomic E-state index is 12.1. The third kappa shape index (κ3) is 10.0. The van der Waals surface area contributed by atoms with Crippen molar-refractivity contribution < 1.29 is 19.0 Å². The lowest BCUT2D eigenvalue weighted by Crippen LogP contribution is -2.34. The van der Waals surface area contributed by atoms with E-state index in [-0.39, 0.29) is 19.2 Å². The molecule has 0 bridgehead atoms. The zero-order valence-electron chi connectivity index (χ0n) is 15.0. The fraction of sp³-hybridized carbons (Fsp3) is 0.588. The average molecular weight is 354 g/mol. The number of rotatable bonds is 13. The zero-order chi connectivity index (χ0) is 18.5. The van der Waals surface area contributed by atoms with E-state index in [4.69, 9.17) is 25.7 Å². The molecule has 0 aromatic heterocycles. The van der Waals surface area contributed by atoms with Gasteiger partial charge < -0.3 is 36.3 Å². The maximum Gasteiger partial charge on any atom is 0.251 e. The van der Waals surface area contributed by atoms with Gasteiger partial charge in [0.1, 0.15) is 18.6 Å². The van der Waals surface area contributed by atoms with Crippen LogP contribution in [0.25, 0.3) is 0 Å². The van der Waals surface area contributed by atoms with Crippen LogP contribution >= 0.6 is 0 Å². The van der Waals surface area contributed by atoms with Gasteiger partial charge in [0.25, 0.3) is 5.91 Å². The molecule has 142 valence electrons. The smallest absolute Gasteiger partial charge is 0.251 e. The molecule has 8 nitrogen and oxygen atoms in total. The lowest BCUT2D eigenvalue weighted by atomic mass is 10.2. The first kappa shape index (κ1) is 21.3. The van der Waals surface area contributed by atoms with Crippen molar-refractivity contribution in [2.45, 2.75) is 26.1 Å². The lowest BCUT2D eigenvalue weighted by Gasteiger charge is -2.14. The van der Waals surface area contributed by atoms with Crippen LogP contribution in [0.5, 0.6) is 5.75 Å². The number of nitrogens with two attached hydrogens (primary N) is 2. The lowest BCUT2D eigenvalue weighted by molar-refractivity contribution is -0.0103. The Kier molecular flexibility index (Phi) is 10.8. The molecule has 0 saturated heterocycles. The van der Waals surface area contributed by atoms with Gasteiger partial charge in [-0.3, -0.25) is 4.79 Å². The van der Waals surface area contributed by atoms with Crippen LogP contribution in [-0.4, -0.2) is 57.8 Å². The molecule has 1 aromatic rings. The molecule has 0 saturated carbocycles. The van der Waals surface area contributed by atoms with Gasteiger partial charge in [0.2, 0.25) is 0 Å². The quantitative estimate of drug-likeness (QED) is 0.291. The van der Waals surface area contributed by atoms with Crippen molar-refractivity contribution in [3.63, 3.8) is 0 Å². The van der Waals surface area contributed by atoms with Crippen molar-refractivity contribution in [3.05, 3.63) is 29.8 Å². The number of hydrogen-bond acceptors (Lipinski definition) is 7. The summed E-state index contributed by atoms with van der Waals surface area (Å²) in [6, 6.07) is 7.33. The molecule has 0 aliphatic carbocycles. The highest BCUT2D eigenvalue weighted by Gasteiger charge is 2.08. The van der Waals surface area contributed by atoms with Gasteiger partial charge in [-0.25, -0.2) is 0 Å². The van der Waals surface area contributed by atoms with Gasteiger partial charge in [0, 0.05) is 24.7 Å². The van der Waals surface area contributed by atoms with E-state index in [2.05, 4.69) is 24.5 Å². The summed E-state index contributed by atoms with van der Waals surface area (Å²) in [4.78, 5) is 12.1. The van der Waals surface area contributed by atoms with E-state index in [1.165, 1.54) is 0 Å². The van der Waals surface area contributed by atoms with Gasteiger partial charge in [-0.2, -0.15) is 0 Å². The predicted octanol–water partition coefficient (Wildman–Crippen LogP) is 0.0274. The molecule has 0 fully saturated rings. The average Bonchev–Trinajstić information content (AvgIpc) is 2.60. The number of carbonyl (C=O) groups is 1. The summed E-state index contributed by atoms with van der Waals surface area (Å²) in [5, 5.41) is 6.09. The van der Waals surface area contributed by atoms with Crippen molar-refractivity contribution in [1.29, 1.82) is 0 Å². The SMILES string of the molecule is CC(C)NCCNC(=O)c1cccc(OCC(N)OCCOCN)c1. The minimum absolute atomic E-state index is 0.143. The Bertz CT molecular complexity index is 499. The van der Waals surface area contributed by atoms with E-state index in [1.54, 1.807) is 24.3 Å². The molecule has 1 amide bonds. The molecular weight excluding hydrogens is 324 g/mol. The number of carbonyl (C=O) groups excluding carboxylic acids is 1. The number of hydrogen-bond donors (Lipinski definition) is 4. The summed E-state index contributed by atoms with van der Waals surface area (Å²) in [7, 11) is 0. The van der Waals surface area contributed by atoms with Crippen molar-refractivity contribution in [1.82, 2.24) is 10.6 Å². The highest BCUT2D eigenvalue weighted by Crippen LogP contribution is 2.13. The number of benzene rings is 1. The molecule has 1 rings (SSSR count). The molecule has 1 aromatic carbocycles. The van der Waals surface area contributed by atoms with Gasteiger partial charge >= 0.3 is 0 Å². The Balaban J connectivity index is 2.34. The van der Waals surface area contributed by atoms with E-state index in [0.29, 0.717) is 37.1 Å². The Morgan fingerprint density at radius 3 is 2.76 bits per heavy atom. The molecular formula is C17H30N4O4. The molecule has 0 heterocycles. The van der Waals surface area contributed by atoms with Gasteiger partial charge in [-0.1, -0.05) is 19.9 Å². The van der Waals surface area contributed by atoms with Crippen LogP contribution in [-0.2, 0) is 9.47 Å². The molecule has 25 heavy (non-hydrogen) atoms. The molecule has 8 heteroatoms. The second-order valence-electron chi connectivity index (χ2n) is 5.69. The fourth-order valence-electron chi connectivity index (χ4n) is 1.93. The zero-order valence-corrected chi connectivity index (χ0v) is 15.0. The van der Waals surface area contributed by atoms with Crippen molar-refractivity contribution >= 4 is 5.91 Å². The summed E-state index contributed by atoms with van der Waals surface area (Å²) < 4.78 is 15.8.